The van der Waals surface area contributed by atoms with E-state index in [0.717, 1.165) is 16.5 Å². The van der Waals surface area contributed by atoms with Gasteiger partial charge in [0.15, 0.2) is 11.0 Å². The Hall–Kier alpha value is -2.40. The molecule has 2 aromatic heterocycles. The van der Waals surface area contributed by atoms with Crippen LogP contribution < -0.4 is 0 Å². The average molecular weight is 348 g/mol. The van der Waals surface area contributed by atoms with E-state index in [9.17, 15) is 0 Å². The molecule has 3 aromatic rings. The maximum Gasteiger partial charge on any atom is 0.192 e. The Kier molecular flexibility index (Phi) is 4.65. The van der Waals surface area contributed by atoms with Gasteiger partial charge in [-0.05, 0) is 42.5 Å². The van der Waals surface area contributed by atoms with E-state index >= 15 is 0 Å². The lowest BCUT2D eigenvalue weighted by Gasteiger charge is -2.24. The van der Waals surface area contributed by atoms with Crippen molar-refractivity contribution in [3.05, 3.63) is 72.6 Å². The molecule has 0 aliphatic heterocycles. The summed E-state index contributed by atoms with van der Waals surface area (Å²) >= 11 is 1.82. The van der Waals surface area contributed by atoms with E-state index in [2.05, 4.69) is 50.6 Å². The van der Waals surface area contributed by atoms with Crippen LogP contribution in [0.2, 0.25) is 0 Å². The van der Waals surface area contributed by atoms with Crippen molar-refractivity contribution in [2.45, 2.75) is 36.2 Å². The molecule has 0 spiro atoms. The van der Waals surface area contributed by atoms with Crippen LogP contribution in [0.15, 0.2) is 66.6 Å². The maximum atomic E-state index is 4.49. The van der Waals surface area contributed by atoms with Crippen LogP contribution in [0.5, 0.6) is 0 Å². The van der Waals surface area contributed by atoms with Gasteiger partial charge in [-0.1, -0.05) is 42.1 Å². The van der Waals surface area contributed by atoms with Gasteiger partial charge in [-0.15, -0.1) is 16.8 Å². The number of nitrogens with zero attached hydrogens (tertiary/aromatic N) is 4. The van der Waals surface area contributed by atoms with E-state index in [1.807, 2.05) is 30.0 Å². The quantitative estimate of drug-likeness (QED) is 0.627. The first-order valence-electron chi connectivity index (χ1n) is 8.56. The fraction of sp³-hybridized carbons (Fsp3) is 0.250. The number of benzene rings is 1. The van der Waals surface area contributed by atoms with Gasteiger partial charge in [0.05, 0.1) is 0 Å². The molecular weight excluding hydrogens is 328 g/mol. The van der Waals surface area contributed by atoms with Crippen molar-refractivity contribution >= 4 is 11.8 Å². The van der Waals surface area contributed by atoms with Gasteiger partial charge in [0.1, 0.15) is 0 Å². The first-order valence-corrected chi connectivity index (χ1v) is 9.43. The van der Waals surface area contributed by atoms with E-state index in [-0.39, 0.29) is 0 Å². The molecule has 1 aromatic carbocycles. The summed E-state index contributed by atoms with van der Waals surface area (Å²) in [5.74, 6) is 0.869. The van der Waals surface area contributed by atoms with E-state index in [4.69, 9.17) is 0 Å². The highest BCUT2D eigenvalue weighted by Crippen LogP contribution is 2.43. The van der Waals surface area contributed by atoms with Crippen molar-refractivity contribution < 1.29 is 0 Å². The smallest absolute Gasteiger partial charge is 0.192 e. The van der Waals surface area contributed by atoms with Gasteiger partial charge in [-0.2, -0.15) is 0 Å². The number of thioether (sulfide) groups is 1. The normalized spacial score (nSPS) is 16.4. The van der Waals surface area contributed by atoms with Crippen molar-refractivity contribution in [1.82, 2.24) is 19.7 Å². The summed E-state index contributed by atoms with van der Waals surface area (Å²) in [5, 5.41) is 10.3. The van der Waals surface area contributed by atoms with Gasteiger partial charge < -0.3 is 0 Å². The van der Waals surface area contributed by atoms with E-state index in [0.29, 0.717) is 11.8 Å². The second-order valence-corrected chi connectivity index (χ2v) is 7.31. The van der Waals surface area contributed by atoms with Crippen molar-refractivity contribution in [3.63, 3.8) is 0 Å². The monoisotopic (exact) mass is 348 g/mol. The fourth-order valence-corrected chi connectivity index (χ4v) is 4.62. The zero-order chi connectivity index (χ0) is 17.1. The van der Waals surface area contributed by atoms with Gasteiger partial charge in [0, 0.05) is 29.8 Å². The van der Waals surface area contributed by atoms with Crippen molar-refractivity contribution in [1.29, 1.82) is 0 Å². The van der Waals surface area contributed by atoms with E-state index < -0.39 is 0 Å². The summed E-state index contributed by atoms with van der Waals surface area (Å²) in [5.41, 5.74) is 3.94. The standard InChI is InChI=1S/C20H20N4S/c1-2-14-24-19(16-10-12-21-13-11-16)22-23-20(24)25-18-9-5-7-15-6-3-4-8-17(15)18/h2-4,6,8,10-13,18H,1,5,7,9,14H2. The van der Waals surface area contributed by atoms with Gasteiger partial charge in [0.2, 0.25) is 0 Å². The average Bonchev–Trinajstić information content (AvgIpc) is 3.06. The Balaban J connectivity index is 1.68. The van der Waals surface area contributed by atoms with Crippen LogP contribution in [0.1, 0.15) is 29.2 Å². The minimum absolute atomic E-state index is 0.433. The highest BCUT2D eigenvalue weighted by Gasteiger charge is 2.24. The molecule has 0 saturated carbocycles. The van der Waals surface area contributed by atoms with Crippen molar-refractivity contribution in [2.75, 3.05) is 0 Å². The predicted octanol–water partition coefficient (Wildman–Crippen LogP) is 4.70. The summed E-state index contributed by atoms with van der Waals surface area (Å²) in [6.45, 7) is 4.59. The first kappa shape index (κ1) is 16.1. The zero-order valence-electron chi connectivity index (χ0n) is 14.0. The summed E-state index contributed by atoms with van der Waals surface area (Å²) in [7, 11) is 0. The van der Waals surface area contributed by atoms with Crippen molar-refractivity contribution in [2.24, 2.45) is 0 Å². The first-order chi connectivity index (χ1) is 12.4. The minimum Gasteiger partial charge on any atom is -0.298 e. The van der Waals surface area contributed by atoms with Gasteiger partial charge in [-0.3, -0.25) is 9.55 Å². The highest BCUT2D eigenvalue weighted by atomic mass is 32.2. The highest BCUT2D eigenvalue weighted by molar-refractivity contribution is 7.99. The lowest BCUT2D eigenvalue weighted by molar-refractivity contribution is 0.665. The molecule has 0 fully saturated rings. The van der Waals surface area contributed by atoms with Gasteiger partial charge >= 0.3 is 0 Å². The second kappa shape index (κ2) is 7.23. The lowest BCUT2D eigenvalue weighted by atomic mass is 9.91. The molecule has 126 valence electrons. The molecule has 4 nitrogen and oxygen atoms in total. The minimum atomic E-state index is 0.433. The molecule has 0 bridgehead atoms. The Morgan fingerprint density at radius 3 is 2.84 bits per heavy atom. The van der Waals surface area contributed by atoms with Crippen LogP contribution >= 0.6 is 11.8 Å². The predicted molar refractivity (Wildman–Crippen MR) is 101 cm³/mol. The Bertz CT molecular complexity index is 872. The molecule has 0 amide bonds. The number of aromatic nitrogens is 4. The number of hydrogen-bond acceptors (Lipinski definition) is 4. The van der Waals surface area contributed by atoms with Gasteiger partial charge in [0.25, 0.3) is 0 Å². The van der Waals surface area contributed by atoms with Crippen LogP contribution in [-0.2, 0) is 13.0 Å². The molecule has 4 rings (SSSR count). The molecular formula is C20H20N4S. The Labute approximate surface area is 152 Å². The SMILES string of the molecule is C=CCn1c(SC2CCCc3ccccc32)nnc1-c1ccncc1. The molecule has 1 atom stereocenters. The van der Waals surface area contributed by atoms with Crippen LogP contribution in [0.25, 0.3) is 11.4 Å². The molecule has 1 unspecified atom stereocenters. The molecule has 0 saturated heterocycles. The molecule has 0 radical (unpaired) electrons. The van der Waals surface area contributed by atoms with Crippen LogP contribution in [0.4, 0.5) is 0 Å². The number of pyridine rings is 1. The molecule has 2 heterocycles. The third-order valence-electron chi connectivity index (χ3n) is 4.53. The summed E-state index contributed by atoms with van der Waals surface area (Å²) in [4.78, 5) is 4.09. The third-order valence-corrected chi connectivity index (χ3v) is 5.82. The zero-order valence-corrected chi connectivity index (χ0v) is 14.8. The Morgan fingerprint density at radius 2 is 2.00 bits per heavy atom. The summed E-state index contributed by atoms with van der Waals surface area (Å²) in [6, 6.07) is 12.7. The summed E-state index contributed by atoms with van der Waals surface area (Å²) < 4.78 is 2.14. The van der Waals surface area contributed by atoms with Crippen LogP contribution in [0.3, 0.4) is 0 Å². The Morgan fingerprint density at radius 1 is 1.16 bits per heavy atom. The molecule has 25 heavy (non-hydrogen) atoms. The van der Waals surface area contributed by atoms with Crippen LogP contribution in [0, 0.1) is 0 Å². The topological polar surface area (TPSA) is 43.6 Å². The molecule has 1 aliphatic rings. The van der Waals surface area contributed by atoms with Crippen LogP contribution in [-0.4, -0.2) is 19.7 Å². The number of hydrogen-bond donors (Lipinski definition) is 0. The fourth-order valence-electron chi connectivity index (χ4n) is 3.34. The molecule has 0 N–H and O–H groups in total. The molecule has 1 aliphatic carbocycles. The number of allylic oxidation sites excluding steroid dienone is 1. The maximum absolute atomic E-state index is 4.49. The molecule has 5 heteroatoms. The van der Waals surface area contributed by atoms with E-state index in [1.54, 1.807) is 12.4 Å². The largest absolute Gasteiger partial charge is 0.298 e. The number of rotatable bonds is 5. The lowest BCUT2D eigenvalue weighted by Crippen LogP contribution is -2.08. The van der Waals surface area contributed by atoms with E-state index in [1.165, 1.54) is 30.4 Å². The third kappa shape index (κ3) is 3.24. The van der Waals surface area contributed by atoms with Crippen molar-refractivity contribution in [3.8, 4) is 11.4 Å². The van der Waals surface area contributed by atoms with Gasteiger partial charge in [-0.25, -0.2) is 0 Å². The summed E-state index contributed by atoms with van der Waals surface area (Å²) in [6.07, 6.45) is 9.04. The number of fused-ring (bicyclic) bond motifs is 1. The second-order valence-electron chi connectivity index (χ2n) is 6.14. The number of aryl methyl sites for hydroxylation is 1.